The fourth-order valence-electron chi connectivity index (χ4n) is 2.27. The minimum atomic E-state index is -0.433. The Bertz CT molecular complexity index is 881. The van der Waals surface area contributed by atoms with Crippen molar-refractivity contribution in [1.82, 2.24) is 9.97 Å². The van der Waals surface area contributed by atoms with E-state index in [1.54, 1.807) is 24.3 Å². The number of rotatable bonds is 3. The van der Waals surface area contributed by atoms with Crippen molar-refractivity contribution in [2.45, 2.75) is 0 Å². The number of halogens is 1. The lowest BCUT2D eigenvalue weighted by Gasteiger charge is -2.12. The van der Waals surface area contributed by atoms with Crippen molar-refractivity contribution in [1.29, 1.82) is 0 Å². The van der Waals surface area contributed by atoms with E-state index in [1.165, 1.54) is 0 Å². The zero-order valence-corrected chi connectivity index (χ0v) is 13.3. The third kappa shape index (κ3) is 3.28. The SMILES string of the molecule is Nc1nc(N)c(-c2ccccc2)c(C(=O)Nc2ccc(Cl)cc2)n1. The zero-order chi connectivity index (χ0) is 17.1. The molecule has 0 spiro atoms. The Morgan fingerprint density at radius 1 is 0.958 bits per heavy atom. The average Bonchev–Trinajstić information content (AvgIpc) is 2.57. The predicted octanol–water partition coefficient (Wildman–Crippen LogP) is 3.21. The van der Waals surface area contributed by atoms with Gasteiger partial charge in [-0.3, -0.25) is 4.79 Å². The summed E-state index contributed by atoms with van der Waals surface area (Å²) in [6.07, 6.45) is 0. The number of aromatic nitrogens is 2. The predicted molar refractivity (Wildman–Crippen MR) is 95.7 cm³/mol. The second-order valence-electron chi connectivity index (χ2n) is 5.02. The van der Waals surface area contributed by atoms with Crippen molar-refractivity contribution in [3.05, 3.63) is 65.3 Å². The van der Waals surface area contributed by atoms with Gasteiger partial charge in [0.25, 0.3) is 5.91 Å². The molecule has 1 amide bonds. The lowest BCUT2D eigenvalue weighted by atomic mass is 10.0. The maximum absolute atomic E-state index is 12.7. The summed E-state index contributed by atoms with van der Waals surface area (Å²) in [6.45, 7) is 0. The molecule has 1 heterocycles. The van der Waals surface area contributed by atoms with Crippen LogP contribution >= 0.6 is 11.6 Å². The molecule has 3 aromatic rings. The van der Waals surface area contributed by atoms with Gasteiger partial charge in [0.1, 0.15) is 11.5 Å². The number of nitrogens with one attached hydrogen (secondary N) is 1. The van der Waals surface area contributed by atoms with Crippen LogP contribution in [-0.2, 0) is 0 Å². The fraction of sp³-hybridized carbons (Fsp3) is 0. The number of hydrogen-bond donors (Lipinski definition) is 3. The second kappa shape index (κ2) is 6.55. The van der Waals surface area contributed by atoms with E-state index >= 15 is 0 Å². The monoisotopic (exact) mass is 339 g/mol. The maximum atomic E-state index is 12.7. The number of nitrogens with zero attached hydrogens (tertiary/aromatic N) is 2. The summed E-state index contributed by atoms with van der Waals surface area (Å²) >= 11 is 5.85. The number of anilines is 3. The first-order valence-corrected chi connectivity index (χ1v) is 7.47. The fourth-order valence-corrected chi connectivity index (χ4v) is 2.40. The van der Waals surface area contributed by atoms with E-state index in [1.807, 2.05) is 30.3 Å². The van der Waals surface area contributed by atoms with Crippen LogP contribution in [-0.4, -0.2) is 15.9 Å². The smallest absolute Gasteiger partial charge is 0.275 e. The minimum Gasteiger partial charge on any atom is -0.383 e. The van der Waals surface area contributed by atoms with Gasteiger partial charge in [-0.1, -0.05) is 41.9 Å². The van der Waals surface area contributed by atoms with Gasteiger partial charge in [0.2, 0.25) is 5.95 Å². The van der Waals surface area contributed by atoms with E-state index in [9.17, 15) is 4.79 Å². The molecule has 0 saturated carbocycles. The summed E-state index contributed by atoms with van der Waals surface area (Å²) in [5.74, 6) is -0.347. The van der Waals surface area contributed by atoms with E-state index in [2.05, 4.69) is 15.3 Å². The number of nitrogen functional groups attached to an aromatic ring is 2. The van der Waals surface area contributed by atoms with Crippen LogP contribution in [0.1, 0.15) is 10.5 Å². The standard InChI is InChI=1S/C17H14ClN5O/c18-11-6-8-12(9-7-11)21-16(24)14-13(10-4-2-1-3-5-10)15(19)23-17(20)22-14/h1-9H,(H,21,24)(H4,19,20,22,23). The van der Waals surface area contributed by atoms with Crippen molar-refractivity contribution >= 4 is 35.0 Å². The Morgan fingerprint density at radius 2 is 1.62 bits per heavy atom. The topological polar surface area (TPSA) is 107 Å². The Labute approximate surface area is 143 Å². The minimum absolute atomic E-state index is 0.0616. The highest BCUT2D eigenvalue weighted by Gasteiger charge is 2.19. The first kappa shape index (κ1) is 15.8. The molecule has 0 bridgehead atoms. The normalized spacial score (nSPS) is 10.4. The van der Waals surface area contributed by atoms with E-state index in [4.69, 9.17) is 23.1 Å². The van der Waals surface area contributed by atoms with Crippen LogP contribution in [0.4, 0.5) is 17.5 Å². The van der Waals surface area contributed by atoms with Gasteiger partial charge in [-0.05, 0) is 29.8 Å². The van der Waals surface area contributed by atoms with Gasteiger partial charge >= 0.3 is 0 Å². The molecule has 0 radical (unpaired) electrons. The molecule has 24 heavy (non-hydrogen) atoms. The number of carbonyl (C=O) groups is 1. The molecule has 0 unspecified atom stereocenters. The van der Waals surface area contributed by atoms with Gasteiger partial charge in [-0.2, -0.15) is 4.98 Å². The molecular formula is C17H14ClN5O. The number of amides is 1. The molecule has 5 N–H and O–H groups in total. The Hall–Kier alpha value is -3.12. The molecule has 0 atom stereocenters. The Balaban J connectivity index is 2.03. The molecule has 6 nitrogen and oxygen atoms in total. The van der Waals surface area contributed by atoms with E-state index < -0.39 is 5.91 Å². The van der Waals surface area contributed by atoms with Crippen LogP contribution in [0.25, 0.3) is 11.1 Å². The summed E-state index contributed by atoms with van der Waals surface area (Å²) in [5.41, 5.74) is 13.5. The molecule has 120 valence electrons. The van der Waals surface area contributed by atoms with Crippen LogP contribution in [0.15, 0.2) is 54.6 Å². The molecule has 1 aromatic heterocycles. The summed E-state index contributed by atoms with van der Waals surface area (Å²) in [4.78, 5) is 20.7. The highest BCUT2D eigenvalue weighted by Crippen LogP contribution is 2.28. The van der Waals surface area contributed by atoms with Crippen LogP contribution in [0.5, 0.6) is 0 Å². The third-order valence-electron chi connectivity index (χ3n) is 3.33. The number of nitrogens with two attached hydrogens (primary N) is 2. The maximum Gasteiger partial charge on any atom is 0.275 e. The molecule has 7 heteroatoms. The van der Waals surface area contributed by atoms with Crippen LogP contribution in [0, 0.1) is 0 Å². The molecular weight excluding hydrogens is 326 g/mol. The van der Waals surface area contributed by atoms with Gasteiger partial charge < -0.3 is 16.8 Å². The first-order valence-electron chi connectivity index (χ1n) is 7.10. The molecule has 0 aliphatic heterocycles. The lowest BCUT2D eigenvalue weighted by molar-refractivity contribution is 0.102. The average molecular weight is 340 g/mol. The third-order valence-corrected chi connectivity index (χ3v) is 3.59. The Morgan fingerprint density at radius 3 is 2.29 bits per heavy atom. The number of carbonyl (C=O) groups excluding carboxylic acids is 1. The van der Waals surface area contributed by atoms with Gasteiger partial charge in [0.05, 0.1) is 5.56 Å². The quantitative estimate of drug-likeness (QED) is 0.679. The molecule has 0 saturated heterocycles. The first-order chi connectivity index (χ1) is 11.5. The largest absolute Gasteiger partial charge is 0.383 e. The zero-order valence-electron chi connectivity index (χ0n) is 12.5. The van der Waals surface area contributed by atoms with Gasteiger partial charge in [-0.15, -0.1) is 0 Å². The summed E-state index contributed by atoms with van der Waals surface area (Å²) in [7, 11) is 0. The molecule has 0 aliphatic rings. The molecule has 0 fully saturated rings. The summed E-state index contributed by atoms with van der Waals surface area (Å²) in [6, 6.07) is 15.9. The van der Waals surface area contributed by atoms with Crippen molar-refractivity contribution in [2.75, 3.05) is 16.8 Å². The van der Waals surface area contributed by atoms with E-state index in [0.717, 1.165) is 5.56 Å². The number of hydrogen-bond acceptors (Lipinski definition) is 5. The number of benzene rings is 2. The van der Waals surface area contributed by atoms with Crippen LogP contribution < -0.4 is 16.8 Å². The highest BCUT2D eigenvalue weighted by atomic mass is 35.5. The van der Waals surface area contributed by atoms with E-state index in [-0.39, 0.29) is 17.5 Å². The summed E-state index contributed by atoms with van der Waals surface area (Å²) in [5, 5.41) is 3.33. The van der Waals surface area contributed by atoms with Crippen LogP contribution in [0.2, 0.25) is 5.02 Å². The van der Waals surface area contributed by atoms with Crippen molar-refractivity contribution in [3.8, 4) is 11.1 Å². The summed E-state index contributed by atoms with van der Waals surface area (Å²) < 4.78 is 0. The lowest BCUT2D eigenvalue weighted by Crippen LogP contribution is -2.18. The highest BCUT2D eigenvalue weighted by molar-refractivity contribution is 6.30. The Kier molecular flexibility index (Phi) is 4.31. The molecule has 3 rings (SSSR count). The van der Waals surface area contributed by atoms with Crippen molar-refractivity contribution in [2.24, 2.45) is 0 Å². The van der Waals surface area contributed by atoms with Crippen molar-refractivity contribution in [3.63, 3.8) is 0 Å². The van der Waals surface area contributed by atoms with Crippen molar-refractivity contribution < 1.29 is 4.79 Å². The van der Waals surface area contributed by atoms with Gasteiger partial charge in [-0.25, -0.2) is 4.98 Å². The second-order valence-corrected chi connectivity index (χ2v) is 5.45. The van der Waals surface area contributed by atoms with E-state index in [0.29, 0.717) is 16.3 Å². The van der Waals surface area contributed by atoms with Crippen LogP contribution in [0.3, 0.4) is 0 Å². The van der Waals surface area contributed by atoms with Gasteiger partial charge in [0.15, 0.2) is 0 Å². The molecule has 2 aromatic carbocycles. The molecule has 0 aliphatic carbocycles. The van der Waals surface area contributed by atoms with Gasteiger partial charge in [0, 0.05) is 10.7 Å².